The minimum atomic E-state index is -0.348. The molecule has 0 bridgehead atoms. The topological polar surface area (TPSA) is 81.2 Å². The highest BCUT2D eigenvalue weighted by atomic mass is 32.1. The fraction of sp³-hybridized carbons (Fsp3) is 0.333. The molecular formula is C15H17N3O3S. The number of hydrogen-bond acceptors (Lipinski definition) is 6. The number of amides is 1. The van der Waals surface area contributed by atoms with Gasteiger partial charge in [0.25, 0.3) is 0 Å². The van der Waals surface area contributed by atoms with Crippen LogP contribution in [0.5, 0.6) is 0 Å². The van der Waals surface area contributed by atoms with E-state index in [0.29, 0.717) is 5.69 Å². The number of nitrogens with zero attached hydrogens (tertiary/aromatic N) is 2. The summed E-state index contributed by atoms with van der Waals surface area (Å²) in [6.07, 6.45) is 2.03. The fourth-order valence-corrected chi connectivity index (χ4v) is 2.66. The van der Waals surface area contributed by atoms with E-state index in [1.54, 1.807) is 13.1 Å². The van der Waals surface area contributed by atoms with Gasteiger partial charge in [0.05, 0.1) is 31.3 Å². The van der Waals surface area contributed by atoms with Crippen molar-refractivity contribution in [3.8, 4) is 10.7 Å². The number of carbonyl (C=O) groups excluding carboxylic acids is 2. The summed E-state index contributed by atoms with van der Waals surface area (Å²) in [5, 5.41) is 5.38. The zero-order chi connectivity index (χ0) is 15.9. The van der Waals surface area contributed by atoms with E-state index < -0.39 is 0 Å². The first-order valence-electron chi connectivity index (χ1n) is 6.80. The maximum Gasteiger partial charge on any atom is 0.307 e. The Bertz CT molecular complexity index is 642. The van der Waals surface area contributed by atoms with Crippen molar-refractivity contribution in [3.63, 3.8) is 0 Å². The first-order chi connectivity index (χ1) is 10.6. The van der Waals surface area contributed by atoms with Crippen LogP contribution in [0, 0.1) is 0 Å². The van der Waals surface area contributed by atoms with E-state index in [-0.39, 0.29) is 30.8 Å². The number of nitrogens with one attached hydrogen (secondary N) is 1. The van der Waals surface area contributed by atoms with Crippen LogP contribution < -0.4 is 5.32 Å². The van der Waals surface area contributed by atoms with Gasteiger partial charge in [0.15, 0.2) is 0 Å². The number of thiazole rings is 1. The van der Waals surface area contributed by atoms with Gasteiger partial charge in [0.2, 0.25) is 5.91 Å². The Kier molecular flexibility index (Phi) is 5.60. The molecule has 1 atom stereocenters. The van der Waals surface area contributed by atoms with Crippen molar-refractivity contribution in [2.45, 2.75) is 25.8 Å². The second-order valence-corrected chi connectivity index (χ2v) is 5.64. The highest BCUT2D eigenvalue weighted by Crippen LogP contribution is 2.21. The lowest BCUT2D eigenvalue weighted by Gasteiger charge is -2.11. The summed E-state index contributed by atoms with van der Waals surface area (Å²) < 4.78 is 4.57. The normalized spacial score (nSPS) is 11.7. The van der Waals surface area contributed by atoms with Gasteiger partial charge in [0.1, 0.15) is 5.01 Å². The lowest BCUT2D eigenvalue weighted by Crippen LogP contribution is -2.35. The van der Waals surface area contributed by atoms with Crippen LogP contribution in [0.3, 0.4) is 0 Å². The van der Waals surface area contributed by atoms with Gasteiger partial charge in [0, 0.05) is 17.6 Å². The molecule has 22 heavy (non-hydrogen) atoms. The second kappa shape index (κ2) is 7.65. The zero-order valence-corrected chi connectivity index (χ0v) is 13.2. The molecule has 0 saturated heterocycles. The van der Waals surface area contributed by atoms with Crippen molar-refractivity contribution in [1.29, 1.82) is 0 Å². The van der Waals surface area contributed by atoms with Crippen LogP contribution in [0.15, 0.2) is 29.8 Å². The molecule has 0 aliphatic carbocycles. The molecule has 0 radical (unpaired) electrons. The molecule has 1 N–H and O–H groups in total. The van der Waals surface area contributed by atoms with Crippen LogP contribution in [0.25, 0.3) is 10.7 Å². The predicted octanol–water partition coefficient (Wildman–Crippen LogP) is 1.82. The van der Waals surface area contributed by atoms with E-state index in [2.05, 4.69) is 20.0 Å². The smallest absolute Gasteiger partial charge is 0.307 e. The minimum absolute atomic E-state index is 0.151. The molecule has 7 heteroatoms. The van der Waals surface area contributed by atoms with Gasteiger partial charge in [-0.2, -0.15) is 0 Å². The van der Waals surface area contributed by atoms with Gasteiger partial charge in [-0.05, 0) is 19.1 Å². The molecule has 0 aliphatic heterocycles. The molecule has 0 aromatic carbocycles. The van der Waals surface area contributed by atoms with Crippen molar-refractivity contribution in [3.05, 3.63) is 35.5 Å². The lowest BCUT2D eigenvalue weighted by molar-refractivity contribution is -0.141. The third kappa shape index (κ3) is 4.63. The van der Waals surface area contributed by atoms with Gasteiger partial charge in [-0.1, -0.05) is 6.07 Å². The summed E-state index contributed by atoms with van der Waals surface area (Å²) in [4.78, 5) is 31.7. The van der Waals surface area contributed by atoms with Crippen LogP contribution in [-0.4, -0.2) is 35.0 Å². The highest BCUT2D eigenvalue weighted by molar-refractivity contribution is 7.13. The maximum atomic E-state index is 11.9. The van der Waals surface area contributed by atoms with Crippen LogP contribution in [0.2, 0.25) is 0 Å². The molecule has 0 spiro atoms. The zero-order valence-electron chi connectivity index (χ0n) is 12.4. The second-order valence-electron chi connectivity index (χ2n) is 4.78. The Hall–Kier alpha value is -2.28. The fourth-order valence-electron chi connectivity index (χ4n) is 1.87. The van der Waals surface area contributed by atoms with Crippen molar-refractivity contribution >= 4 is 23.2 Å². The van der Waals surface area contributed by atoms with Crippen LogP contribution in [-0.2, 0) is 20.7 Å². The molecule has 2 aromatic heterocycles. The molecule has 0 fully saturated rings. The van der Waals surface area contributed by atoms with Crippen molar-refractivity contribution in [2.75, 3.05) is 7.11 Å². The molecular weight excluding hydrogens is 302 g/mol. The van der Waals surface area contributed by atoms with Crippen molar-refractivity contribution in [2.24, 2.45) is 0 Å². The van der Waals surface area contributed by atoms with Crippen molar-refractivity contribution < 1.29 is 14.3 Å². The van der Waals surface area contributed by atoms with E-state index in [9.17, 15) is 9.59 Å². The van der Waals surface area contributed by atoms with Crippen LogP contribution in [0.1, 0.15) is 19.0 Å². The Morgan fingerprint density at radius 3 is 2.91 bits per heavy atom. The summed E-state index contributed by atoms with van der Waals surface area (Å²) in [6, 6.07) is 5.34. The average Bonchev–Trinajstić information content (AvgIpc) is 2.96. The Balaban J connectivity index is 1.90. The highest BCUT2D eigenvalue weighted by Gasteiger charge is 2.14. The van der Waals surface area contributed by atoms with E-state index in [4.69, 9.17) is 0 Å². The van der Waals surface area contributed by atoms with Crippen molar-refractivity contribution in [1.82, 2.24) is 15.3 Å². The molecule has 6 nitrogen and oxygen atoms in total. The van der Waals surface area contributed by atoms with E-state index in [1.807, 2.05) is 23.6 Å². The largest absolute Gasteiger partial charge is 0.469 e. The number of rotatable bonds is 6. The Labute approximate surface area is 132 Å². The van der Waals surface area contributed by atoms with Gasteiger partial charge in [-0.15, -0.1) is 11.3 Å². The molecule has 2 heterocycles. The molecule has 1 amide bonds. The number of esters is 1. The number of methoxy groups -OCH3 is 1. The summed E-state index contributed by atoms with van der Waals surface area (Å²) >= 11 is 1.45. The number of aromatic nitrogens is 2. The number of hydrogen-bond donors (Lipinski definition) is 1. The monoisotopic (exact) mass is 319 g/mol. The molecule has 2 aromatic rings. The number of carbonyl (C=O) groups is 2. The quantitative estimate of drug-likeness (QED) is 0.821. The molecule has 116 valence electrons. The molecule has 0 saturated carbocycles. The van der Waals surface area contributed by atoms with Crippen LogP contribution >= 0.6 is 11.3 Å². The Morgan fingerprint density at radius 1 is 1.41 bits per heavy atom. The molecule has 2 rings (SSSR count). The maximum absolute atomic E-state index is 11.9. The van der Waals surface area contributed by atoms with Crippen LogP contribution in [0.4, 0.5) is 0 Å². The molecule has 1 unspecified atom stereocenters. The molecule has 0 aliphatic rings. The minimum Gasteiger partial charge on any atom is -0.469 e. The first kappa shape index (κ1) is 16.1. The first-order valence-corrected chi connectivity index (χ1v) is 7.68. The third-order valence-corrected chi connectivity index (χ3v) is 3.80. The number of pyridine rings is 1. The van der Waals surface area contributed by atoms with Gasteiger partial charge in [-0.25, -0.2) is 4.98 Å². The standard InChI is InChI=1S/C15H17N3O3S/c1-10(7-14(20)21-2)17-13(19)8-11-9-22-15(18-11)12-5-3-4-6-16-12/h3-6,9-10H,7-8H2,1-2H3,(H,17,19). The summed E-state index contributed by atoms with van der Waals surface area (Å²) in [5.41, 5.74) is 1.48. The lowest BCUT2D eigenvalue weighted by atomic mass is 10.2. The predicted molar refractivity (Wildman–Crippen MR) is 83.3 cm³/mol. The summed E-state index contributed by atoms with van der Waals surface area (Å²) in [5.74, 6) is -0.520. The van der Waals surface area contributed by atoms with E-state index in [1.165, 1.54) is 18.4 Å². The van der Waals surface area contributed by atoms with Gasteiger partial charge < -0.3 is 10.1 Å². The summed E-state index contributed by atoms with van der Waals surface area (Å²) in [6.45, 7) is 1.76. The Morgan fingerprint density at radius 2 is 2.23 bits per heavy atom. The van der Waals surface area contributed by atoms with E-state index >= 15 is 0 Å². The summed E-state index contributed by atoms with van der Waals surface area (Å²) in [7, 11) is 1.32. The van der Waals surface area contributed by atoms with E-state index in [0.717, 1.165) is 10.7 Å². The average molecular weight is 319 g/mol. The van der Waals surface area contributed by atoms with Gasteiger partial charge >= 0.3 is 5.97 Å². The number of ether oxygens (including phenoxy) is 1. The van der Waals surface area contributed by atoms with Gasteiger partial charge in [-0.3, -0.25) is 14.6 Å². The SMILES string of the molecule is COC(=O)CC(C)NC(=O)Cc1csc(-c2ccccn2)n1. The third-order valence-electron chi connectivity index (χ3n) is 2.89.